The summed E-state index contributed by atoms with van der Waals surface area (Å²) in [5.41, 5.74) is 3.19. The minimum absolute atomic E-state index is 0.0654. The number of sulfonamides is 1. The van der Waals surface area contributed by atoms with E-state index < -0.39 is 10.0 Å². The van der Waals surface area contributed by atoms with Crippen LogP contribution < -0.4 is 15.0 Å². The van der Waals surface area contributed by atoms with E-state index in [0.717, 1.165) is 28.6 Å². The van der Waals surface area contributed by atoms with Crippen molar-refractivity contribution in [3.8, 4) is 5.75 Å². The summed E-state index contributed by atoms with van der Waals surface area (Å²) in [7, 11) is -3.78. The molecule has 0 aromatic heterocycles. The highest BCUT2D eigenvalue weighted by atomic mass is 32.2. The highest BCUT2D eigenvalue weighted by molar-refractivity contribution is 8.15. The van der Waals surface area contributed by atoms with E-state index in [1.54, 1.807) is 17.0 Å². The molecule has 0 atom stereocenters. The fraction of sp³-hybridized carbons (Fsp3) is 0.263. The van der Waals surface area contributed by atoms with Crippen molar-refractivity contribution in [2.24, 2.45) is 4.40 Å². The van der Waals surface area contributed by atoms with Gasteiger partial charge >= 0.3 is 0 Å². The van der Waals surface area contributed by atoms with Crippen LogP contribution in [-0.4, -0.2) is 38.4 Å². The fourth-order valence-corrected chi connectivity index (χ4v) is 5.21. The minimum atomic E-state index is -3.78. The predicted molar refractivity (Wildman–Crippen MR) is 111 cm³/mol. The van der Waals surface area contributed by atoms with E-state index >= 15 is 0 Å². The Morgan fingerprint density at radius 3 is 2.79 bits per heavy atom. The van der Waals surface area contributed by atoms with E-state index in [9.17, 15) is 13.2 Å². The van der Waals surface area contributed by atoms with Crippen LogP contribution in [0.1, 0.15) is 11.1 Å². The van der Waals surface area contributed by atoms with Crippen molar-refractivity contribution in [3.63, 3.8) is 0 Å². The zero-order chi connectivity index (χ0) is 19.9. The zero-order valence-corrected chi connectivity index (χ0v) is 17.1. The van der Waals surface area contributed by atoms with Crippen LogP contribution in [0.2, 0.25) is 0 Å². The molecule has 9 heteroatoms. The van der Waals surface area contributed by atoms with E-state index in [1.165, 1.54) is 6.07 Å². The van der Waals surface area contributed by atoms with Gasteiger partial charge in [0.25, 0.3) is 10.0 Å². The number of fused-ring (bicyclic) bond motifs is 2. The summed E-state index contributed by atoms with van der Waals surface area (Å²) in [6.07, 6.45) is 0. The van der Waals surface area contributed by atoms with Gasteiger partial charge in [0.2, 0.25) is 5.91 Å². The molecule has 0 radical (unpaired) electrons. The minimum Gasteiger partial charge on any atom is -0.490 e. The van der Waals surface area contributed by atoms with E-state index in [0.29, 0.717) is 24.6 Å². The number of carbonyl (C=O) groups excluding carboxylic acids is 1. The second kappa shape index (κ2) is 7.14. The summed E-state index contributed by atoms with van der Waals surface area (Å²) in [6, 6.07) is 10.7. The number of ether oxygens (including phenoxy) is 1. The summed E-state index contributed by atoms with van der Waals surface area (Å²) in [5.74, 6) is 0.614. The molecule has 2 heterocycles. The van der Waals surface area contributed by atoms with Crippen LogP contribution in [0.15, 0.2) is 45.7 Å². The van der Waals surface area contributed by atoms with Gasteiger partial charge in [-0.05, 0) is 49.2 Å². The number of thioether (sulfide) groups is 1. The number of hydrogen-bond acceptors (Lipinski definition) is 6. The summed E-state index contributed by atoms with van der Waals surface area (Å²) in [6.45, 7) is 4.72. The lowest BCUT2D eigenvalue weighted by molar-refractivity contribution is -0.116. The first kappa shape index (κ1) is 18.8. The third kappa shape index (κ3) is 3.59. The number of amides is 1. The van der Waals surface area contributed by atoms with E-state index in [1.807, 2.05) is 32.0 Å². The van der Waals surface area contributed by atoms with Crippen molar-refractivity contribution in [2.45, 2.75) is 18.7 Å². The molecule has 1 N–H and O–H groups in total. The van der Waals surface area contributed by atoms with Crippen LogP contribution in [-0.2, 0) is 14.8 Å². The molecular weight excluding hydrogens is 398 g/mol. The summed E-state index contributed by atoms with van der Waals surface area (Å²) in [5, 5.41) is 3.22. The average molecular weight is 418 g/mol. The van der Waals surface area contributed by atoms with Gasteiger partial charge in [-0.2, -0.15) is 8.42 Å². The molecule has 4 rings (SSSR count). The van der Waals surface area contributed by atoms with Crippen molar-refractivity contribution in [1.82, 2.24) is 0 Å². The summed E-state index contributed by atoms with van der Waals surface area (Å²) < 4.78 is 34.2. The lowest BCUT2D eigenvalue weighted by atomic mass is 10.1. The number of carbonyl (C=O) groups is 1. The Morgan fingerprint density at radius 2 is 1.96 bits per heavy atom. The molecule has 1 amide bonds. The Balaban J connectivity index is 1.51. The number of rotatable bonds is 2. The molecule has 7 nitrogen and oxygen atoms in total. The van der Waals surface area contributed by atoms with E-state index in [2.05, 4.69) is 9.71 Å². The van der Waals surface area contributed by atoms with Crippen LogP contribution >= 0.6 is 11.8 Å². The van der Waals surface area contributed by atoms with Gasteiger partial charge < -0.3 is 15.0 Å². The van der Waals surface area contributed by atoms with Crippen LogP contribution in [0.4, 0.5) is 11.4 Å². The number of anilines is 2. The number of nitrogens with one attached hydrogen (secondary N) is 1. The average Bonchev–Trinajstić information content (AvgIpc) is 2.64. The Morgan fingerprint density at radius 1 is 1.21 bits per heavy atom. The van der Waals surface area contributed by atoms with Gasteiger partial charge in [0, 0.05) is 0 Å². The smallest absolute Gasteiger partial charge is 0.286 e. The number of benzene rings is 2. The molecule has 2 aromatic carbocycles. The summed E-state index contributed by atoms with van der Waals surface area (Å²) in [4.78, 5) is 14.6. The standard InChI is InChI=1S/C19H19N3O4S2/c1-12-4-6-17-14(9-12)20-19(21-28(17,24)25)27-11-18(23)22-7-8-26-16-5-3-13(2)10-15(16)22/h3-6,9-10H,7-8,11H2,1-2H3,(H,20,21). The largest absolute Gasteiger partial charge is 0.490 e. The molecule has 28 heavy (non-hydrogen) atoms. The zero-order valence-electron chi connectivity index (χ0n) is 15.4. The molecule has 0 aliphatic carbocycles. The maximum Gasteiger partial charge on any atom is 0.286 e. The van der Waals surface area contributed by atoms with Crippen molar-refractivity contribution >= 4 is 44.2 Å². The third-order valence-corrected chi connectivity index (χ3v) is 6.78. The molecule has 0 fully saturated rings. The molecule has 0 unspecified atom stereocenters. The van der Waals surface area contributed by atoms with Gasteiger partial charge in [-0.25, -0.2) is 0 Å². The molecule has 2 aliphatic heterocycles. The van der Waals surface area contributed by atoms with Crippen molar-refractivity contribution in [2.75, 3.05) is 29.1 Å². The SMILES string of the molecule is Cc1ccc2c(c1)NC(SCC(=O)N1CCOc3ccc(C)cc31)=NS2(=O)=O. The van der Waals surface area contributed by atoms with Gasteiger partial charge in [0.05, 0.1) is 23.7 Å². The predicted octanol–water partition coefficient (Wildman–Crippen LogP) is 2.93. The number of aryl methyl sites for hydroxylation is 2. The third-order valence-electron chi connectivity index (χ3n) is 4.47. The van der Waals surface area contributed by atoms with Crippen LogP contribution in [0.5, 0.6) is 5.75 Å². The Labute approximate surface area is 167 Å². The molecule has 0 spiro atoms. The molecule has 146 valence electrons. The quantitative estimate of drug-likeness (QED) is 0.808. The van der Waals surface area contributed by atoms with Crippen LogP contribution in [0.25, 0.3) is 0 Å². The maximum atomic E-state index is 12.8. The molecule has 2 aliphatic rings. The highest BCUT2D eigenvalue weighted by Crippen LogP contribution is 2.34. The van der Waals surface area contributed by atoms with Gasteiger partial charge in [-0.3, -0.25) is 4.79 Å². The van der Waals surface area contributed by atoms with Gasteiger partial charge in [0.1, 0.15) is 17.3 Å². The van der Waals surface area contributed by atoms with Crippen molar-refractivity contribution in [1.29, 1.82) is 0 Å². The Bertz CT molecular complexity index is 1100. The second-order valence-corrected chi connectivity index (χ2v) is 9.19. The maximum absolute atomic E-state index is 12.8. The van der Waals surface area contributed by atoms with Crippen LogP contribution in [0, 0.1) is 13.8 Å². The summed E-state index contributed by atoms with van der Waals surface area (Å²) >= 11 is 1.08. The Kier molecular flexibility index (Phi) is 4.80. The van der Waals surface area contributed by atoms with Crippen molar-refractivity contribution < 1.29 is 17.9 Å². The molecular formula is C19H19N3O4S2. The van der Waals surface area contributed by atoms with Gasteiger partial charge in [-0.15, -0.1) is 4.40 Å². The van der Waals surface area contributed by atoms with Crippen LogP contribution in [0.3, 0.4) is 0 Å². The normalized spacial score (nSPS) is 16.9. The van der Waals surface area contributed by atoms with E-state index in [-0.39, 0.29) is 21.7 Å². The van der Waals surface area contributed by atoms with Gasteiger partial charge in [0.15, 0.2) is 5.17 Å². The first-order valence-corrected chi connectivity index (χ1v) is 11.2. The molecule has 0 bridgehead atoms. The van der Waals surface area contributed by atoms with Gasteiger partial charge in [-0.1, -0.05) is 23.9 Å². The molecule has 0 saturated heterocycles. The topological polar surface area (TPSA) is 88.1 Å². The number of amidine groups is 1. The molecule has 2 aromatic rings. The lowest BCUT2D eigenvalue weighted by Gasteiger charge is -2.30. The number of hydrogen-bond donors (Lipinski definition) is 1. The molecule has 0 saturated carbocycles. The second-order valence-electron chi connectivity index (χ2n) is 6.65. The fourth-order valence-electron chi connectivity index (χ4n) is 3.12. The monoisotopic (exact) mass is 417 g/mol. The van der Waals surface area contributed by atoms with Crippen molar-refractivity contribution in [3.05, 3.63) is 47.5 Å². The highest BCUT2D eigenvalue weighted by Gasteiger charge is 2.27. The van der Waals surface area contributed by atoms with E-state index in [4.69, 9.17) is 4.74 Å². The first-order chi connectivity index (χ1) is 13.3. The Hall–Kier alpha value is -2.52. The number of nitrogens with zero attached hydrogens (tertiary/aromatic N) is 2. The first-order valence-electron chi connectivity index (χ1n) is 8.73. The lowest BCUT2D eigenvalue weighted by Crippen LogP contribution is -2.39.